The molecule has 0 aliphatic heterocycles. The predicted molar refractivity (Wildman–Crippen MR) is 53.1 cm³/mol. The molecule has 1 unspecified atom stereocenters. The van der Waals surface area contributed by atoms with Crippen molar-refractivity contribution in [1.29, 1.82) is 0 Å². The van der Waals surface area contributed by atoms with Gasteiger partial charge in [0.2, 0.25) is 0 Å². The zero-order chi connectivity index (χ0) is 12.6. The molecular formula is C11H18O5-2. The normalized spacial score (nSPS) is 12.7. The lowest BCUT2D eigenvalue weighted by atomic mass is 9.98. The zero-order valence-electron chi connectivity index (χ0n) is 9.73. The first-order valence-corrected chi connectivity index (χ1v) is 5.47. The summed E-state index contributed by atoms with van der Waals surface area (Å²) in [5.41, 5.74) is 0. The fourth-order valence-electron chi connectivity index (χ4n) is 1.30. The number of carboxylic acid groups (broad SMARTS) is 2. The molecule has 0 heterocycles. The van der Waals surface area contributed by atoms with E-state index < -0.39 is 17.9 Å². The van der Waals surface area contributed by atoms with Crippen molar-refractivity contribution in [3.63, 3.8) is 0 Å². The van der Waals surface area contributed by atoms with E-state index in [0.717, 1.165) is 6.42 Å². The first-order chi connectivity index (χ1) is 7.45. The average Bonchev–Trinajstić information content (AvgIpc) is 2.15. The van der Waals surface area contributed by atoms with Crippen LogP contribution in [0.5, 0.6) is 0 Å². The van der Waals surface area contributed by atoms with Crippen LogP contribution < -0.4 is 10.2 Å². The number of rotatable bonds is 9. The molecule has 0 aromatic heterocycles. The lowest BCUT2D eigenvalue weighted by molar-refractivity contribution is -0.310. The number of hydrogen-bond donors (Lipinski definition) is 0. The topological polar surface area (TPSA) is 89.5 Å². The van der Waals surface area contributed by atoms with E-state index in [9.17, 15) is 19.8 Å². The molecule has 0 fully saturated rings. The van der Waals surface area contributed by atoms with Crippen LogP contribution in [0, 0.1) is 5.92 Å². The Balaban J connectivity index is 3.91. The molecule has 5 nitrogen and oxygen atoms in total. The highest BCUT2D eigenvalue weighted by Crippen LogP contribution is 2.13. The number of carbonyl (C=O) groups is 2. The summed E-state index contributed by atoms with van der Waals surface area (Å²) in [5, 5.41) is 20.8. The second-order valence-electron chi connectivity index (χ2n) is 3.90. The average molecular weight is 230 g/mol. The predicted octanol–water partition coefficient (Wildman–Crippen LogP) is -0.912. The fourth-order valence-corrected chi connectivity index (χ4v) is 1.30. The minimum Gasteiger partial charge on any atom is -0.550 e. The quantitative estimate of drug-likeness (QED) is 0.511. The van der Waals surface area contributed by atoms with Gasteiger partial charge in [0.15, 0.2) is 0 Å². The number of aliphatic carboxylic acids is 2. The SMILES string of the molecule is CCC(C)OCCC(CC(=O)[O-])CC(=O)[O-]. The van der Waals surface area contributed by atoms with Gasteiger partial charge in [-0.15, -0.1) is 0 Å². The largest absolute Gasteiger partial charge is 0.550 e. The van der Waals surface area contributed by atoms with Gasteiger partial charge in [-0.05, 0) is 38.5 Å². The van der Waals surface area contributed by atoms with Crippen LogP contribution in [0.25, 0.3) is 0 Å². The molecule has 0 rings (SSSR count). The van der Waals surface area contributed by atoms with Gasteiger partial charge in [0.05, 0.1) is 6.10 Å². The molecule has 0 N–H and O–H groups in total. The molecule has 0 amide bonds. The maximum absolute atomic E-state index is 10.4. The minimum absolute atomic E-state index is 0.103. The number of ether oxygens (including phenoxy) is 1. The summed E-state index contributed by atoms with van der Waals surface area (Å²) in [6, 6.07) is 0. The van der Waals surface area contributed by atoms with Crippen molar-refractivity contribution < 1.29 is 24.5 Å². The maximum atomic E-state index is 10.4. The van der Waals surface area contributed by atoms with Gasteiger partial charge < -0.3 is 24.5 Å². The van der Waals surface area contributed by atoms with E-state index in [1.807, 2.05) is 13.8 Å². The third kappa shape index (κ3) is 8.23. The minimum atomic E-state index is -1.24. The molecule has 0 aliphatic rings. The van der Waals surface area contributed by atoms with Gasteiger partial charge in [0, 0.05) is 18.5 Å². The van der Waals surface area contributed by atoms with Crippen LogP contribution in [0.4, 0.5) is 0 Å². The number of carbonyl (C=O) groups excluding carboxylic acids is 2. The molecular weight excluding hydrogens is 212 g/mol. The van der Waals surface area contributed by atoms with Crippen LogP contribution in [0.15, 0.2) is 0 Å². The Morgan fingerprint density at radius 3 is 2.06 bits per heavy atom. The highest BCUT2D eigenvalue weighted by Gasteiger charge is 2.10. The van der Waals surface area contributed by atoms with E-state index >= 15 is 0 Å². The summed E-state index contributed by atoms with van der Waals surface area (Å²) in [4.78, 5) is 20.8. The van der Waals surface area contributed by atoms with Crippen molar-refractivity contribution in [3.05, 3.63) is 0 Å². The third-order valence-corrected chi connectivity index (χ3v) is 2.41. The van der Waals surface area contributed by atoms with Gasteiger partial charge in [0.25, 0.3) is 0 Å². The maximum Gasteiger partial charge on any atom is 0.0544 e. The first kappa shape index (κ1) is 14.9. The summed E-state index contributed by atoms with van der Waals surface area (Å²) >= 11 is 0. The van der Waals surface area contributed by atoms with Crippen molar-refractivity contribution in [2.75, 3.05) is 6.61 Å². The van der Waals surface area contributed by atoms with Crippen molar-refractivity contribution in [2.45, 2.75) is 45.6 Å². The Morgan fingerprint density at radius 2 is 1.69 bits per heavy atom. The molecule has 0 aromatic carbocycles. The van der Waals surface area contributed by atoms with E-state index in [1.54, 1.807) is 0 Å². The molecule has 94 valence electrons. The van der Waals surface area contributed by atoms with Gasteiger partial charge in [-0.1, -0.05) is 6.92 Å². The third-order valence-electron chi connectivity index (χ3n) is 2.41. The monoisotopic (exact) mass is 230 g/mol. The molecule has 0 aliphatic carbocycles. The zero-order valence-corrected chi connectivity index (χ0v) is 9.73. The van der Waals surface area contributed by atoms with Gasteiger partial charge >= 0.3 is 0 Å². The van der Waals surface area contributed by atoms with Crippen molar-refractivity contribution in [3.8, 4) is 0 Å². The first-order valence-electron chi connectivity index (χ1n) is 5.47. The van der Waals surface area contributed by atoms with Crippen LogP contribution in [0.3, 0.4) is 0 Å². The van der Waals surface area contributed by atoms with Crippen LogP contribution in [0.1, 0.15) is 39.5 Å². The Kier molecular flexibility index (Phi) is 7.54. The highest BCUT2D eigenvalue weighted by atomic mass is 16.5. The van der Waals surface area contributed by atoms with Crippen LogP contribution in [-0.4, -0.2) is 24.6 Å². The Bertz CT molecular complexity index is 210. The van der Waals surface area contributed by atoms with Gasteiger partial charge in [-0.2, -0.15) is 0 Å². The lowest BCUT2D eigenvalue weighted by Crippen LogP contribution is -2.30. The summed E-state index contributed by atoms with van der Waals surface area (Å²) in [5.74, 6) is -2.95. The molecule has 0 bridgehead atoms. The van der Waals surface area contributed by atoms with Crippen LogP contribution >= 0.6 is 0 Å². The summed E-state index contributed by atoms with van der Waals surface area (Å²) in [6.45, 7) is 4.25. The van der Waals surface area contributed by atoms with E-state index in [-0.39, 0.29) is 18.9 Å². The van der Waals surface area contributed by atoms with Gasteiger partial charge in [-0.3, -0.25) is 0 Å². The molecule has 16 heavy (non-hydrogen) atoms. The van der Waals surface area contributed by atoms with E-state index in [0.29, 0.717) is 13.0 Å². The Hall–Kier alpha value is -1.10. The van der Waals surface area contributed by atoms with Crippen molar-refractivity contribution >= 4 is 11.9 Å². The summed E-state index contributed by atoms with van der Waals surface area (Å²) < 4.78 is 5.36. The molecule has 0 saturated heterocycles. The Labute approximate surface area is 95.4 Å². The fraction of sp³-hybridized carbons (Fsp3) is 0.818. The second-order valence-corrected chi connectivity index (χ2v) is 3.90. The van der Waals surface area contributed by atoms with Crippen LogP contribution in [-0.2, 0) is 14.3 Å². The van der Waals surface area contributed by atoms with E-state index in [2.05, 4.69) is 0 Å². The molecule has 0 saturated carbocycles. The molecule has 0 spiro atoms. The van der Waals surface area contributed by atoms with Gasteiger partial charge in [0.1, 0.15) is 0 Å². The molecule has 0 radical (unpaired) electrons. The second kappa shape index (κ2) is 8.10. The van der Waals surface area contributed by atoms with Gasteiger partial charge in [-0.25, -0.2) is 0 Å². The van der Waals surface area contributed by atoms with E-state index in [4.69, 9.17) is 4.74 Å². The Morgan fingerprint density at radius 1 is 1.19 bits per heavy atom. The van der Waals surface area contributed by atoms with Crippen molar-refractivity contribution in [1.82, 2.24) is 0 Å². The standard InChI is InChI=1S/C11H20O5/c1-3-8(2)16-5-4-9(6-10(12)13)7-11(14)15/h8-9H,3-7H2,1-2H3,(H,12,13)(H,14,15)/p-2. The smallest absolute Gasteiger partial charge is 0.0544 e. The highest BCUT2D eigenvalue weighted by molar-refractivity contribution is 5.68. The van der Waals surface area contributed by atoms with Crippen LogP contribution in [0.2, 0.25) is 0 Å². The van der Waals surface area contributed by atoms with Crippen molar-refractivity contribution in [2.24, 2.45) is 5.92 Å². The molecule has 1 atom stereocenters. The molecule has 5 heteroatoms. The summed E-state index contributed by atoms with van der Waals surface area (Å²) in [6.07, 6.45) is 0.833. The number of hydrogen-bond acceptors (Lipinski definition) is 5. The molecule has 0 aromatic rings. The lowest BCUT2D eigenvalue weighted by Gasteiger charge is -2.19. The number of carboxylic acids is 2. The van der Waals surface area contributed by atoms with E-state index in [1.165, 1.54) is 0 Å². The summed E-state index contributed by atoms with van der Waals surface area (Å²) in [7, 11) is 0.